The fourth-order valence-electron chi connectivity index (χ4n) is 3.95. The van der Waals surface area contributed by atoms with Crippen LogP contribution in [0.15, 0.2) is 67.2 Å². The number of rotatable bonds is 5. The van der Waals surface area contributed by atoms with E-state index in [1.807, 2.05) is 24.3 Å². The first-order chi connectivity index (χ1) is 19.8. The zero-order valence-corrected chi connectivity index (χ0v) is 22.7. The summed E-state index contributed by atoms with van der Waals surface area (Å²) in [6.07, 6.45) is 1.51. The predicted molar refractivity (Wildman–Crippen MR) is 146 cm³/mol. The molecular weight excluding hydrogens is 577 g/mol. The lowest BCUT2D eigenvalue weighted by atomic mass is 9.94. The summed E-state index contributed by atoms with van der Waals surface area (Å²) in [6, 6.07) is 19.7. The number of fused-ring (bicyclic) bond motifs is 2. The predicted octanol–water partition coefficient (Wildman–Crippen LogP) is 5.87. The minimum atomic E-state index is -6.08. The highest BCUT2D eigenvalue weighted by Crippen LogP contribution is 2.36. The smallest absolute Gasteiger partial charge is 0.465 e. The summed E-state index contributed by atoms with van der Waals surface area (Å²) in [7, 11) is -3.80. The number of hydrogen-bond acceptors (Lipinski definition) is 9. The van der Waals surface area contributed by atoms with E-state index in [9.17, 15) is 31.2 Å². The first-order valence-corrected chi connectivity index (χ1v) is 13.0. The molecule has 0 heterocycles. The van der Waals surface area contributed by atoms with Crippen LogP contribution in [0.1, 0.15) is 37.4 Å². The van der Waals surface area contributed by atoms with E-state index in [0.29, 0.717) is 22.1 Å². The highest BCUT2D eigenvalue weighted by atomic mass is 32.2. The molecule has 13 heteroatoms. The molecule has 214 valence electrons. The van der Waals surface area contributed by atoms with Crippen molar-refractivity contribution in [2.45, 2.75) is 5.51 Å². The van der Waals surface area contributed by atoms with E-state index in [-0.39, 0.29) is 5.39 Å². The Morgan fingerprint density at radius 2 is 1.29 bits per heavy atom. The largest absolute Gasteiger partial charge is 0.534 e. The van der Waals surface area contributed by atoms with E-state index < -0.39 is 44.4 Å². The van der Waals surface area contributed by atoms with Crippen molar-refractivity contribution in [1.82, 2.24) is 0 Å². The van der Waals surface area contributed by atoms with Crippen molar-refractivity contribution < 1.29 is 44.8 Å². The fourth-order valence-corrected chi connectivity index (χ4v) is 4.44. The molecule has 42 heavy (non-hydrogen) atoms. The van der Waals surface area contributed by atoms with Crippen LogP contribution in [-0.2, 0) is 19.6 Å². The summed E-state index contributed by atoms with van der Waals surface area (Å²) < 4.78 is 73.6. The lowest BCUT2D eigenvalue weighted by Crippen LogP contribution is -2.29. The number of ether oxygens (including phenoxy) is 2. The SMILES string of the molecule is C=Cc1c(C#N)cc2ccccc2c1C(=O)OC.COC(=O)c1c(OS(=O)(=O)C(F)(F)F)c(C#N)cc2ccccc12. The molecule has 0 aliphatic heterocycles. The Balaban J connectivity index is 0.000000240. The summed E-state index contributed by atoms with van der Waals surface area (Å²) in [6.45, 7) is 3.66. The summed E-state index contributed by atoms with van der Waals surface area (Å²) in [5.41, 5.74) is -5.53. The summed E-state index contributed by atoms with van der Waals surface area (Å²) in [5, 5.41) is 20.2. The number of carbonyl (C=O) groups excluding carboxylic acids is 2. The molecule has 9 nitrogen and oxygen atoms in total. The standard InChI is InChI=1S/C15H11NO2.C14H8F3NO5S/c1-3-12-11(9-16)8-10-6-4-5-7-13(10)14(12)15(17)18-2;1-22-13(19)11-10-5-3-2-4-8(10)6-9(7-18)12(11)23-24(20,21)14(15,16)17/h3-8H,1H2,2H3;2-6H,1H3. The van der Waals surface area contributed by atoms with E-state index in [1.165, 1.54) is 37.5 Å². The molecule has 0 saturated carbocycles. The number of methoxy groups -OCH3 is 2. The van der Waals surface area contributed by atoms with Crippen molar-refractivity contribution in [3.63, 3.8) is 0 Å². The molecule has 0 aliphatic rings. The fraction of sp³-hybridized carbons (Fsp3) is 0.103. The van der Waals surface area contributed by atoms with E-state index in [1.54, 1.807) is 12.1 Å². The second-order valence-electron chi connectivity index (χ2n) is 8.18. The zero-order chi connectivity index (χ0) is 31.2. The number of alkyl halides is 3. The van der Waals surface area contributed by atoms with Gasteiger partial charge in [-0.05, 0) is 28.3 Å². The van der Waals surface area contributed by atoms with Crippen LogP contribution >= 0.6 is 0 Å². The Morgan fingerprint density at radius 1 is 0.833 bits per heavy atom. The first kappa shape index (κ1) is 31.1. The third-order valence-electron chi connectivity index (χ3n) is 5.79. The molecule has 0 aliphatic carbocycles. The Bertz CT molecular complexity index is 1920. The van der Waals surface area contributed by atoms with Crippen LogP contribution in [0.5, 0.6) is 5.75 Å². The highest BCUT2D eigenvalue weighted by Gasteiger charge is 2.49. The van der Waals surface area contributed by atoms with Gasteiger partial charge in [0.2, 0.25) is 0 Å². The molecule has 0 saturated heterocycles. The van der Waals surface area contributed by atoms with Crippen molar-refractivity contribution in [2.75, 3.05) is 14.2 Å². The van der Waals surface area contributed by atoms with Gasteiger partial charge in [-0.15, -0.1) is 0 Å². The second kappa shape index (κ2) is 12.4. The van der Waals surface area contributed by atoms with Gasteiger partial charge in [0.15, 0.2) is 5.75 Å². The Hall–Kier alpha value is -5.40. The Labute approximate surface area is 237 Å². The van der Waals surface area contributed by atoms with E-state index in [0.717, 1.165) is 23.9 Å². The van der Waals surface area contributed by atoms with Gasteiger partial charge in [-0.3, -0.25) is 0 Å². The van der Waals surface area contributed by atoms with E-state index >= 15 is 0 Å². The molecule has 4 aromatic rings. The first-order valence-electron chi connectivity index (χ1n) is 11.6. The van der Waals surface area contributed by atoms with Gasteiger partial charge in [-0.25, -0.2) is 9.59 Å². The molecule has 0 aromatic heterocycles. The van der Waals surface area contributed by atoms with Gasteiger partial charge in [-0.1, -0.05) is 61.2 Å². The monoisotopic (exact) mass is 596 g/mol. The van der Waals surface area contributed by atoms with Crippen LogP contribution in [0.2, 0.25) is 0 Å². The van der Waals surface area contributed by atoms with Gasteiger partial charge in [0.1, 0.15) is 11.6 Å². The van der Waals surface area contributed by atoms with Crippen LogP contribution in [-0.4, -0.2) is 40.1 Å². The number of nitrogens with zero attached hydrogens (tertiary/aromatic N) is 2. The molecule has 4 rings (SSSR count). The van der Waals surface area contributed by atoms with Gasteiger partial charge >= 0.3 is 27.6 Å². The molecule has 4 aromatic carbocycles. The minimum absolute atomic E-state index is 0.0794. The highest BCUT2D eigenvalue weighted by molar-refractivity contribution is 7.88. The van der Waals surface area contributed by atoms with Gasteiger partial charge < -0.3 is 13.7 Å². The van der Waals surface area contributed by atoms with Crippen molar-refractivity contribution in [1.29, 1.82) is 10.5 Å². The lowest BCUT2D eigenvalue weighted by Gasteiger charge is -2.15. The number of nitriles is 2. The molecular formula is C29H19F3N2O7S. The van der Waals surface area contributed by atoms with Gasteiger partial charge in [0.05, 0.1) is 37.0 Å². The average molecular weight is 597 g/mol. The van der Waals surface area contributed by atoms with Crippen molar-refractivity contribution in [3.8, 4) is 17.9 Å². The maximum atomic E-state index is 12.6. The minimum Gasteiger partial charge on any atom is -0.465 e. The number of esters is 2. The third-order valence-corrected chi connectivity index (χ3v) is 6.74. The molecule has 0 N–H and O–H groups in total. The Morgan fingerprint density at radius 3 is 1.74 bits per heavy atom. The van der Waals surface area contributed by atoms with Gasteiger partial charge in [-0.2, -0.15) is 32.1 Å². The number of hydrogen-bond donors (Lipinski definition) is 0. The summed E-state index contributed by atoms with van der Waals surface area (Å²) in [4.78, 5) is 23.9. The zero-order valence-electron chi connectivity index (χ0n) is 21.9. The number of halogens is 3. The molecule has 0 fully saturated rings. The lowest BCUT2D eigenvalue weighted by molar-refractivity contribution is -0.0500. The van der Waals surface area contributed by atoms with Crippen molar-refractivity contribution >= 4 is 49.7 Å². The topological polar surface area (TPSA) is 144 Å². The van der Waals surface area contributed by atoms with Crippen LogP contribution in [0, 0.1) is 22.7 Å². The van der Waals surface area contributed by atoms with Crippen LogP contribution < -0.4 is 4.18 Å². The van der Waals surface area contributed by atoms with Crippen LogP contribution in [0.4, 0.5) is 13.2 Å². The van der Waals surface area contributed by atoms with Crippen LogP contribution in [0.3, 0.4) is 0 Å². The van der Waals surface area contributed by atoms with Crippen molar-refractivity contribution in [3.05, 3.63) is 95.1 Å². The maximum absolute atomic E-state index is 12.6. The molecule has 0 unspecified atom stereocenters. The second-order valence-corrected chi connectivity index (χ2v) is 9.72. The van der Waals surface area contributed by atoms with Gasteiger partial charge in [0.25, 0.3) is 0 Å². The van der Waals surface area contributed by atoms with Gasteiger partial charge in [0, 0.05) is 10.9 Å². The molecule has 0 amide bonds. The Kier molecular flexibility index (Phi) is 9.20. The molecule has 0 radical (unpaired) electrons. The van der Waals surface area contributed by atoms with E-state index in [2.05, 4.69) is 21.6 Å². The molecule has 0 spiro atoms. The maximum Gasteiger partial charge on any atom is 0.534 e. The number of benzene rings is 4. The molecule has 0 bridgehead atoms. The normalized spacial score (nSPS) is 10.9. The third kappa shape index (κ3) is 6.01. The van der Waals surface area contributed by atoms with E-state index in [4.69, 9.17) is 15.3 Å². The summed E-state index contributed by atoms with van der Waals surface area (Å²) >= 11 is 0. The summed E-state index contributed by atoms with van der Waals surface area (Å²) in [5.74, 6) is -2.63. The molecule has 0 atom stereocenters. The van der Waals surface area contributed by atoms with Crippen molar-refractivity contribution in [2.24, 2.45) is 0 Å². The average Bonchev–Trinajstić information content (AvgIpc) is 2.98. The number of carbonyl (C=O) groups is 2. The van der Waals surface area contributed by atoms with Crippen LogP contribution in [0.25, 0.3) is 27.6 Å². The quantitative estimate of drug-likeness (QED) is 0.157.